The fraction of sp³-hybridized carbons (Fsp3) is 0.667. The van der Waals surface area contributed by atoms with Gasteiger partial charge in [-0.15, -0.1) is 0 Å². The van der Waals surface area contributed by atoms with Crippen molar-refractivity contribution in [2.24, 2.45) is 5.92 Å². The zero-order valence-corrected chi connectivity index (χ0v) is 13.7. The van der Waals surface area contributed by atoms with Crippen LogP contribution in [0.25, 0.3) is 0 Å². The van der Waals surface area contributed by atoms with E-state index in [-0.39, 0.29) is 5.82 Å². The summed E-state index contributed by atoms with van der Waals surface area (Å²) in [5.41, 5.74) is 1.79. The molecule has 2 rings (SSSR count). The summed E-state index contributed by atoms with van der Waals surface area (Å²) >= 11 is 0. The van der Waals surface area contributed by atoms with E-state index in [9.17, 15) is 4.39 Å². The van der Waals surface area contributed by atoms with E-state index in [1.807, 2.05) is 6.07 Å². The van der Waals surface area contributed by atoms with Crippen LogP contribution in [0.5, 0.6) is 0 Å². The van der Waals surface area contributed by atoms with Crippen LogP contribution in [0.4, 0.5) is 10.1 Å². The first-order valence-corrected chi connectivity index (χ1v) is 8.44. The molecular weight excluding hydrogens is 263 g/mol. The zero-order chi connectivity index (χ0) is 15.2. The van der Waals surface area contributed by atoms with E-state index in [1.54, 1.807) is 6.07 Å². The number of nitrogens with one attached hydrogen (secondary N) is 1. The Bertz CT molecular complexity index is 439. The van der Waals surface area contributed by atoms with Gasteiger partial charge in [-0.05, 0) is 43.4 Å². The Balaban J connectivity index is 2.02. The third-order valence-corrected chi connectivity index (χ3v) is 4.54. The van der Waals surface area contributed by atoms with Crippen molar-refractivity contribution >= 4 is 5.69 Å². The maximum Gasteiger partial charge on any atom is 0.146 e. The van der Waals surface area contributed by atoms with Crippen molar-refractivity contribution in [1.82, 2.24) is 5.32 Å². The minimum Gasteiger partial charge on any atom is -0.369 e. The lowest BCUT2D eigenvalue weighted by Crippen LogP contribution is -2.29. The van der Waals surface area contributed by atoms with Crippen molar-refractivity contribution in [1.29, 1.82) is 0 Å². The molecule has 1 aromatic rings. The predicted octanol–water partition coefficient (Wildman–Crippen LogP) is 4.34. The van der Waals surface area contributed by atoms with Crippen LogP contribution >= 0.6 is 0 Å². The van der Waals surface area contributed by atoms with Crippen LogP contribution in [0.1, 0.15) is 52.0 Å². The van der Waals surface area contributed by atoms with Crippen LogP contribution in [0.2, 0.25) is 0 Å². The number of hydrogen-bond acceptors (Lipinski definition) is 2. The Labute approximate surface area is 128 Å². The summed E-state index contributed by atoms with van der Waals surface area (Å²) in [6.45, 7) is 9.11. The summed E-state index contributed by atoms with van der Waals surface area (Å²) in [6, 6.07) is 6.36. The molecule has 1 fully saturated rings. The minimum atomic E-state index is -0.0853. The average Bonchev–Trinajstić information content (AvgIpc) is 3.32. The van der Waals surface area contributed by atoms with Crippen molar-refractivity contribution in [3.63, 3.8) is 0 Å². The average molecular weight is 292 g/mol. The van der Waals surface area contributed by atoms with E-state index >= 15 is 0 Å². The molecule has 0 atom stereocenters. The zero-order valence-electron chi connectivity index (χ0n) is 13.7. The molecule has 0 spiro atoms. The van der Waals surface area contributed by atoms with Gasteiger partial charge in [0.05, 0.1) is 5.69 Å². The summed E-state index contributed by atoms with van der Waals surface area (Å²) in [5.74, 6) is 0.554. The van der Waals surface area contributed by atoms with Crippen LogP contribution in [-0.4, -0.2) is 19.1 Å². The smallest absolute Gasteiger partial charge is 0.146 e. The molecule has 2 nitrogen and oxygen atoms in total. The van der Waals surface area contributed by atoms with E-state index in [2.05, 4.69) is 37.1 Å². The van der Waals surface area contributed by atoms with Crippen molar-refractivity contribution < 1.29 is 4.39 Å². The van der Waals surface area contributed by atoms with Crippen molar-refractivity contribution in [2.75, 3.05) is 18.0 Å². The van der Waals surface area contributed by atoms with E-state index < -0.39 is 0 Å². The molecule has 21 heavy (non-hydrogen) atoms. The van der Waals surface area contributed by atoms with Gasteiger partial charge in [0.1, 0.15) is 5.82 Å². The summed E-state index contributed by atoms with van der Waals surface area (Å²) < 4.78 is 14.4. The van der Waals surface area contributed by atoms with Crippen LogP contribution in [0.15, 0.2) is 18.2 Å². The molecule has 0 aliphatic heterocycles. The maximum absolute atomic E-state index is 14.4. The van der Waals surface area contributed by atoms with Crippen molar-refractivity contribution in [3.05, 3.63) is 29.6 Å². The van der Waals surface area contributed by atoms with Crippen LogP contribution in [-0.2, 0) is 6.54 Å². The Morgan fingerprint density at radius 2 is 1.95 bits per heavy atom. The molecule has 3 heteroatoms. The number of rotatable bonds is 9. The lowest BCUT2D eigenvalue weighted by atomic mass is 10.0. The van der Waals surface area contributed by atoms with Gasteiger partial charge in [-0.3, -0.25) is 0 Å². The Morgan fingerprint density at radius 3 is 2.48 bits per heavy atom. The molecule has 0 aromatic heterocycles. The highest BCUT2D eigenvalue weighted by atomic mass is 19.1. The molecule has 1 aromatic carbocycles. The molecular formula is C18H29FN2. The van der Waals surface area contributed by atoms with Gasteiger partial charge in [0.15, 0.2) is 0 Å². The molecule has 0 bridgehead atoms. The first-order chi connectivity index (χ1) is 10.2. The second-order valence-corrected chi connectivity index (χ2v) is 6.16. The van der Waals surface area contributed by atoms with E-state index in [4.69, 9.17) is 0 Å². The van der Waals surface area contributed by atoms with Gasteiger partial charge in [-0.2, -0.15) is 0 Å². The normalized spacial score (nSPS) is 14.7. The molecule has 0 radical (unpaired) electrons. The van der Waals surface area contributed by atoms with Gasteiger partial charge in [0, 0.05) is 25.7 Å². The molecule has 0 saturated heterocycles. The maximum atomic E-state index is 14.4. The predicted molar refractivity (Wildman–Crippen MR) is 88.2 cm³/mol. The van der Waals surface area contributed by atoms with E-state index in [0.29, 0.717) is 12.0 Å². The lowest BCUT2D eigenvalue weighted by Gasteiger charge is -2.28. The third kappa shape index (κ3) is 4.70. The SMILES string of the molecule is CCC(CC)CN(CC)c1ccc(CNC2CC2)cc1F. The summed E-state index contributed by atoms with van der Waals surface area (Å²) in [6.07, 6.45) is 4.83. The quantitative estimate of drug-likeness (QED) is 0.728. The van der Waals surface area contributed by atoms with Gasteiger partial charge in [-0.1, -0.05) is 32.8 Å². The molecule has 118 valence electrons. The Morgan fingerprint density at radius 1 is 1.24 bits per heavy atom. The topological polar surface area (TPSA) is 15.3 Å². The van der Waals surface area contributed by atoms with Gasteiger partial charge in [0.2, 0.25) is 0 Å². The lowest BCUT2D eigenvalue weighted by molar-refractivity contribution is 0.481. The fourth-order valence-electron chi connectivity index (χ4n) is 2.72. The monoisotopic (exact) mass is 292 g/mol. The van der Waals surface area contributed by atoms with Gasteiger partial charge in [0.25, 0.3) is 0 Å². The highest BCUT2D eigenvalue weighted by Crippen LogP contribution is 2.24. The van der Waals surface area contributed by atoms with Crippen LogP contribution in [0, 0.1) is 11.7 Å². The Kier molecular flexibility index (Phi) is 6.04. The summed E-state index contributed by atoms with van der Waals surface area (Å²) in [5, 5.41) is 3.43. The molecule has 1 saturated carbocycles. The van der Waals surface area contributed by atoms with E-state index in [1.165, 1.54) is 12.8 Å². The summed E-state index contributed by atoms with van der Waals surface area (Å²) in [7, 11) is 0. The van der Waals surface area contributed by atoms with Gasteiger partial charge >= 0.3 is 0 Å². The standard InChI is InChI=1S/C18H29FN2/c1-4-14(5-2)13-21(6-3)18-10-7-15(11-17(18)19)12-20-16-8-9-16/h7,10-11,14,16,20H,4-6,8-9,12-13H2,1-3H3. The number of nitrogens with zero attached hydrogens (tertiary/aromatic N) is 1. The first-order valence-electron chi connectivity index (χ1n) is 8.44. The highest BCUT2D eigenvalue weighted by Gasteiger charge is 2.20. The van der Waals surface area contributed by atoms with Gasteiger partial charge < -0.3 is 10.2 Å². The number of hydrogen-bond donors (Lipinski definition) is 1. The second kappa shape index (κ2) is 7.79. The molecule has 1 aliphatic carbocycles. The molecule has 0 amide bonds. The third-order valence-electron chi connectivity index (χ3n) is 4.54. The molecule has 0 heterocycles. The second-order valence-electron chi connectivity index (χ2n) is 6.16. The largest absolute Gasteiger partial charge is 0.369 e. The molecule has 1 aliphatic rings. The molecule has 0 unspecified atom stereocenters. The van der Waals surface area contributed by atoms with Crippen molar-refractivity contribution in [3.8, 4) is 0 Å². The Hall–Kier alpha value is -1.09. The fourth-order valence-corrected chi connectivity index (χ4v) is 2.72. The number of halogens is 1. The summed E-state index contributed by atoms with van der Waals surface area (Å²) in [4.78, 5) is 2.17. The number of benzene rings is 1. The van der Waals surface area contributed by atoms with Crippen LogP contribution < -0.4 is 10.2 Å². The minimum absolute atomic E-state index is 0.0853. The molecule has 1 N–H and O–H groups in total. The van der Waals surface area contributed by atoms with Crippen molar-refractivity contribution in [2.45, 2.75) is 59.0 Å². The van der Waals surface area contributed by atoms with Gasteiger partial charge in [-0.25, -0.2) is 4.39 Å². The highest BCUT2D eigenvalue weighted by molar-refractivity contribution is 5.49. The first kappa shape index (κ1) is 16.3. The van der Waals surface area contributed by atoms with Crippen LogP contribution in [0.3, 0.4) is 0 Å². The van der Waals surface area contributed by atoms with E-state index in [0.717, 1.165) is 43.7 Å². The number of anilines is 1.